The van der Waals surface area contributed by atoms with Crippen molar-refractivity contribution in [3.05, 3.63) is 44.8 Å². The Balaban J connectivity index is 1.90. The van der Waals surface area contributed by atoms with Crippen LogP contribution in [0.4, 0.5) is 0 Å². The van der Waals surface area contributed by atoms with E-state index in [9.17, 15) is 9.90 Å². The lowest BCUT2D eigenvalue weighted by Crippen LogP contribution is -2.62. The molecule has 3 atom stereocenters. The van der Waals surface area contributed by atoms with Crippen LogP contribution in [-0.2, 0) is 16.1 Å². The van der Waals surface area contributed by atoms with Crippen LogP contribution in [0.3, 0.4) is 0 Å². The van der Waals surface area contributed by atoms with Crippen molar-refractivity contribution in [2.45, 2.75) is 37.6 Å². The molecule has 0 spiro atoms. The summed E-state index contributed by atoms with van der Waals surface area (Å²) in [6.07, 6.45) is 0.609. The first-order chi connectivity index (χ1) is 12.0. The molecular formula is C18H24N2O3S2. The van der Waals surface area contributed by atoms with Crippen molar-refractivity contribution in [2.24, 2.45) is 0 Å². The first-order valence-electron chi connectivity index (χ1n) is 8.32. The Morgan fingerprint density at radius 2 is 2.16 bits per heavy atom. The van der Waals surface area contributed by atoms with Crippen molar-refractivity contribution in [1.29, 1.82) is 0 Å². The molecule has 136 valence electrons. The van der Waals surface area contributed by atoms with Gasteiger partial charge in [-0.3, -0.25) is 9.69 Å². The van der Waals surface area contributed by atoms with Gasteiger partial charge in [-0.1, -0.05) is 12.1 Å². The van der Waals surface area contributed by atoms with Crippen LogP contribution in [0.2, 0.25) is 0 Å². The molecule has 2 N–H and O–H groups in total. The van der Waals surface area contributed by atoms with Gasteiger partial charge in [0.2, 0.25) is 5.91 Å². The third kappa shape index (κ3) is 4.30. The number of amides is 1. The molecule has 1 aliphatic heterocycles. The number of aliphatic hydroxyl groups is 1. The maximum atomic E-state index is 12.2. The van der Waals surface area contributed by atoms with E-state index >= 15 is 0 Å². The highest BCUT2D eigenvalue weighted by Crippen LogP contribution is 2.39. The smallest absolute Gasteiger partial charge is 0.246 e. The van der Waals surface area contributed by atoms with Crippen molar-refractivity contribution in [2.75, 3.05) is 20.3 Å². The van der Waals surface area contributed by atoms with Crippen molar-refractivity contribution in [1.82, 2.24) is 10.2 Å². The van der Waals surface area contributed by atoms with Gasteiger partial charge < -0.3 is 15.2 Å². The van der Waals surface area contributed by atoms with Crippen LogP contribution in [0.5, 0.6) is 0 Å². The number of nitrogens with zero attached hydrogens (tertiary/aromatic N) is 1. The minimum Gasteiger partial charge on any atom is -0.388 e. The topological polar surface area (TPSA) is 61.8 Å². The van der Waals surface area contributed by atoms with E-state index < -0.39 is 5.60 Å². The van der Waals surface area contributed by atoms with Gasteiger partial charge in [0.1, 0.15) is 6.61 Å². The number of hydrogen-bond acceptors (Lipinski definition) is 6. The molecule has 1 saturated heterocycles. The first kappa shape index (κ1) is 18.5. The van der Waals surface area contributed by atoms with Gasteiger partial charge in [-0.15, -0.1) is 22.7 Å². The maximum Gasteiger partial charge on any atom is 0.246 e. The Morgan fingerprint density at radius 1 is 1.40 bits per heavy atom. The number of nitrogens with one attached hydrogen (secondary N) is 1. The minimum atomic E-state index is -0.968. The zero-order chi connectivity index (χ0) is 17.9. The second-order valence-corrected chi connectivity index (χ2v) is 8.61. The van der Waals surface area contributed by atoms with E-state index in [2.05, 4.69) is 33.8 Å². The lowest BCUT2D eigenvalue weighted by atomic mass is 9.81. The zero-order valence-electron chi connectivity index (χ0n) is 14.5. The molecular weight excluding hydrogens is 356 g/mol. The van der Waals surface area contributed by atoms with Gasteiger partial charge in [0, 0.05) is 30.0 Å². The summed E-state index contributed by atoms with van der Waals surface area (Å²) in [6.45, 7) is 3.40. The van der Waals surface area contributed by atoms with Gasteiger partial charge in [-0.25, -0.2) is 0 Å². The van der Waals surface area contributed by atoms with Crippen molar-refractivity contribution >= 4 is 28.6 Å². The number of ether oxygens (including phenoxy) is 1. The third-order valence-corrected chi connectivity index (χ3v) is 6.45. The fourth-order valence-electron chi connectivity index (χ4n) is 3.38. The van der Waals surface area contributed by atoms with Gasteiger partial charge >= 0.3 is 0 Å². The van der Waals surface area contributed by atoms with E-state index in [0.717, 1.165) is 18.0 Å². The Bertz CT molecular complexity index is 671. The highest BCUT2D eigenvalue weighted by Gasteiger charge is 2.46. The van der Waals surface area contributed by atoms with E-state index in [4.69, 9.17) is 4.74 Å². The zero-order valence-corrected chi connectivity index (χ0v) is 16.1. The second-order valence-electron chi connectivity index (χ2n) is 6.60. The third-order valence-electron chi connectivity index (χ3n) is 4.65. The van der Waals surface area contributed by atoms with Gasteiger partial charge in [-0.2, -0.15) is 0 Å². The summed E-state index contributed by atoms with van der Waals surface area (Å²) in [6, 6.07) is 7.82. The molecule has 1 fully saturated rings. The monoisotopic (exact) mass is 380 g/mol. The molecule has 25 heavy (non-hydrogen) atoms. The predicted octanol–water partition coefficient (Wildman–Crippen LogP) is 2.64. The van der Waals surface area contributed by atoms with Gasteiger partial charge in [0.15, 0.2) is 0 Å². The van der Waals surface area contributed by atoms with Crippen LogP contribution >= 0.6 is 22.7 Å². The van der Waals surface area contributed by atoms with Gasteiger partial charge in [0.25, 0.3) is 0 Å². The standard InChI is InChI=1S/C18H24N2O3S2/c1-18(22)7-8-20(11-13-5-3-9-24-13)16(14-6-4-10-25-14)17(18)19-15(21)12-23-2/h3-6,9-10,16-17,22H,7-8,11-12H2,1-2H3,(H,19,21). The van der Waals surface area contributed by atoms with Crippen LogP contribution in [0.25, 0.3) is 0 Å². The van der Waals surface area contributed by atoms with Crippen molar-refractivity contribution in [3.8, 4) is 0 Å². The summed E-state index contributed by atoms with van der Waals surface area (Å²) in [7, 11) is 1.50. The van der Waals surface area contributed by atoms with Gasteiger partial charge in [-0.05, 0) is 36.2 Å². The second kappa shape index (κ2) is 7.97. The number of piperidine rings is 1. The van der Waals surface area contributed by atoms with Gasteiger partial charge in [0.05, 0.1) is 17.7 Å². The summed E-state index contributed by atoms with van der Waals surface area (Å²) >= 11 is 3.39. The summed E-state index contributed by atoms with van der Waals surface area (Å²) < 4.78 is 4.95. The number of carbonyl (C=O) groups excluding carboxylic acids is 1. The average molecular weight is 381 g/mol. The molecule has 3 unspecified atom stereocenters. The summed E-state index contributed by atoms with van der Waals surface area (Å²) in [5.74, 6) is -0.202. The molecule has 1 amide bonds. The lowest BCUT2D eigenvalue weighted by Gasteiger charge is -2.48. The number of methoxy groups -OCH3 is 1. The SMILES string of the molecule is COCC(=O)NC1C(c2cccs2)N(Cc2cccs2)CCC1(C)O. The molecule has 3 rings (SSSR count). The van der Waals surface area contributed by atoms with Crippen LogP contribution in [0, 0.1) is 0 Å². The number of thiophene rings is 2. The van der Waals surface area contributed by atoms with Crippen LogP contribution in [0.1, 0.15) is 29.1 Å². The molecule has 0 aliphatic carbocycles. The molecule has 2 aromatic heterocycles. The molecule has 0 saturated carbocycles. The predicted molar refractivity (Wildman–Crippen MR) is 101 cm³/mol. The van der Waals surface area contributed by atoms with Crippen molar-refractivity contribution < 1.29 is 14.6 Å². The Hall–Kier alpha value is -1.25. The van der Waals surface area contributed by atoms with Crippen LogP contribution in [0.15, 0.2) is 35.0 Å². The van der Waals surface area contributed by atoms with Crippen molar-refractivity contribution in [3.63, 3.8) is 0 Å². The van der Waals surface area contributed by atoms with E-state index in [-0.39, 0.29) is 24.6 Å². The Kier molecular flexibility index (Phi) is 5.91. The molecule has 2 aromatic rings. The van der Waals surface area contributed by atoms with E-state index in [1.54, 1.807) is 22.7 Å². The number of carbonyl (C=O) groups is 1. The normalized spacial score (nSPS) is 27.3. The molecule has 0 aromatic carbocycles. The molecule has 0 bridgehead atoms. The number of likely N-dealkylation sites (tertiary alicyclic amines) is 1. The maximum absolute atomic E-state index is 12.2. The van der Waals surface area contributed by atoms with E-state index in [1.165, 1.54) is 12.0 Å². The highest BCUT2D eigenvalue weighted by molar-refractivity contribution is 7.10. The Morgan fingerprint density at radius 3 is 2.80 bits per heavy atom. The van der Waals surface area contributed by atoms with Crippen LogP contribution in [-0.4, -0.2) is 47.8 Å². The lowest BCUT2D eigenvalue weighted by molar-refractivity contribution is -0.132. The van der Waals surface area contributed by atoms with E-state index in [1.807, 2.05) is 18.4 Å². The quantitative estimate of drug-likeness (QED) is 0.809. The molecule has 5 nitrogen and oxygen atoms in total. The minimum absolute atomic E-state index is 0.00529. The summed E-state index contributed by atoms with van der Waals surface area (Å²) in [5, 5.41) is 18.1. The molecule has 1 aliphatic rings. The molecule has 3 heterocycles. The number of rotatable bonds is 6. The largest absolute Gasteiger partial charge is 0.388 e. The molecule has 7 heteroatoms. The van der Waals surface area contributed by atoms with E-state index in [0.29, 0.717) is 6.42 Å². The Labute approximate surface area is 156 Å². The molecule has 0 radical (unpaired) electrons. The fraction of sp³-hybridized carbons (Fsp3) is 0.500. The first-order valence-corrected chi connectivity index (χ1v) is 10.1. The fourth-order valence-corrected chi connectivity index (χ4v) is 5.01. The average Bonchev–Trinajstić information content (AvgIpc) is 3.25. The number of hydrogen-bond donors (Lipinski definition) is 2. The van der Waals surface area contributed by atoms with Crippen LogP contribution < -0.4 is 5.32 Å². The highest BCUT2D eigenvalue weighted by atomic mass is 32.1. The summed E-state index contributed by atoms with van der Waals surface area (Å²) in [4.78, 5) is 17.0. The summed E-state index contributed by atoms with van der Waals surface area (Å²) in [5.41, 5.74) is -0.968.